The smallest absolute Gasteiger partial charge is 0.321 e. The van der Waals surface area contributed by atoms with Crippen LogP contribution in [0.1, 0.15) is 38.2 Å². The minimum atomic E-state index is -0.162. The zero-order valence-corrected chi connectivity index (χ0v) is 18.8. The van der Waals surface area contributed by atoms with Crippen LogP contribution in [0.5, 0.6) is 11.5 Å². The Morgan fingerprint density at radius 1 is 1.13 bits per heavy atom. The van der Waals surface area contributed by atoms with Crippen molar-refractivity contribution < 1.29 is 14.3 Å². The molecule has 1 N–H and O–H groups in total. The van der Waals surface area contributed by atoms with Crippen LogP contribution in [0.15, 0.2) is 48.5 Å². The lowest BCUT2D eigenvalue weighted by atomic mass is 9.95. The van der Waals surface area contributed by atoms with E-state index in [9.17, 15) is 9.59 Å². The van der Waals surface area contributed by atoms with Crippen molar-refractivity contribution in [1.82, 2.24) is 9.80 Å². The highest BCUT2D eigenvalue weighted by molar-refractivity contribution is 5.91. The van der Waals surface area contributed by atoms with Crippen LogP contribution in [0.25, 0.3) is 0 Å². The fraction of sp³-hybridized carbons (Fsp3) is 0.440. The quantitative estimate of drug-likeness (QED) is 0.658. The molecule has 1 fully saturated rings. The van der Waals surface area contributed by atoms with E-state index in [1.807, 2.05) is 67.4 Å². The predicted octanol–water partition coefficient (Wildman–Crippen LogP) is 5.29. The van der Waals surface area contributed by atoms with Gasteiger partial charge in [0.1, 0.15) is 5.75 Å². The molecule has 166 valence electrons. The van der Waals surface area contributed by atoms with Crippen LogP contribution in [0.2, 0.25) is 0 Å². The molecule has 2 aromatic rings. The highest BCUT2D eigenvalue weighted by Gasteiger charge is 2.29. The van der Waals surface area contributed by atoms with E-state index >= 15 is 0 Å². The van der Waals surface area contributed by atoms with E-state index in [2.05, 4.69) is 12.2 Å². The summed E-state index contributed by atoms with van der Waals surface area (Å²) in [5.74, 6) is 1.53. The van der Waals surface area contributed by atoms with Gasteiger partial charge in [-0.3, -0.25) is 4.79 Å². The van der Waals surface area contributed by atoms with Crippen molar-refractivity contribution in [2.75, 3.05) is 32.0 Å². The molecule has 6 heteroatoms. The molecule has 31 heavy (non-hydrogen) atoms. The Labute approximate surface area is 185 Å². The first-order valence-electron chi connectivity index (χ1n) is 11.1. The first-order chi connectivity index (χ1) is 15.0. The molecular formula is C25H33N3O3. The van der Waals surface area contributed by atoms with Crippen molar-refractivity contribution in [2.45, 2.75) is 39.5 Å². The Kier molecular flexibility index (Phi) is 7.93. The number of urea groups is 1. The molecule has 0 radical (unpaired) electrons. The Morgan fingerprint density at radius 2 is 1.87 bits per heavy atom. The molecule has 3 amide bonds. The van der Waals surface area contributed by atoms with Gasteiger partial charge in [0, 0.05) is 32.6 Å². The van der Waals surface area contributed by atoms with Gasteiger partial charge in [-0.15, -0.1) is 0 Å². The predicted molar refractivity (Wildman–Crippen MR) is 124 cm³/mol. The highest BCUT2D eigenvalue weighted by atomic mass is 16.5. The van der Waals surface area contributed by atoms with E-state index in [1.54, 1.807) is 4.90 Å². The van der Waals surface area contributed by atoms with Crippen molar-refractivity contribution >= 4 is 17.6 Å². The number of hydrogen-bond acceptors (Lipinski definition) is 3. The number of hydrogen-bond donors (Lipinski definition) is 1. The molecule has 3 rings (SSSR count). The molecule has 0 bridgehead atoms. The third-order valence-corrected chi connectivity index (χ3v) is 5.70. The largest absolute Gasteiger partial charge is 0.455 e. The van der Waals surface area contributed by atoms with E-state index in [0.717, 1.165) is 30.7 Å². The van der Waals surface area contributed by atoms with Crippen LogP contribution in [-0.2, 0) is 4.79 Å². The number of amides is 3. The van der Waals surface area contributed by atoms with Crippen LogP contribution >= 0.6 is 0 Å². The van der Waals surface area contributed by atoms with Gasteiger partial charge in [-0.2, -0.15) is 0 Å². The van der Waals surface area contributed by atoms with Gasteiger partial charge in [0.2, 0.25) is 5.91 Å². The standard InChI is InChI=1S/C25H33N3O3/c1-4-5-15-27(3)24(29)20-13-16-28(17-14-20)25(30)26-22-11-6-7-12-23(22)31-21-10-8-9-19(2)18-21/h6-12,18,20H,4-5,13-17H2,1-3H3,(H,26,30). The van der Waals surface area contributed by atoms with Gasteiger partial charge < -0.3 is 19.9 Å². The first kappa shape index (κ1) is 22.7. The fourth-order valence-corrected chi connectivity index (χ4v) is 3.81. The van der Waals surface area contributed by atoms with Gasteiger partial charge >= 0.3 is 6.03 Å². The lowest BCUT2D eigenvalue weighted by molar-refractivity contribution is -0.135. The van der Waals surface area contributed by atoms with Crippen LogP contribution in [0.4, 0.5) is 10.5 Å². The van der Waals surface area contributed by atoms with Crippen molar-refractivity contribution in [3.8, 4) is 11.5 Å². The number of aryl methyl sites for hydroxylation is 1. The normalized spacial score (nSPS) is 14.2. The number of likely N-dealkylation sites (tertiary alicyclic amines) is 1. The molecule has 1 aliphatic rings. The van der Waals surface area contributed by atoms with Gasteiger partial charge in [0.05, 0.1) is 5.69 Å². The molecule has 1 heterocycles. The SMILES string of the molecule is CCCCN(C)C(=O)C1CCN(C(=O)Nc2ccccc2Oc2cccc(C)c2)CC1. The van der Waals surface area contributed by atoms with E-state index in [4.69, 9.17) is 4.74 Å². The second-order valence-corrected chi connectivity index (χ2v) is 8.22. The molecule has 0 saturated carbocycles. The molecule has 1 aliphatic heterocycles. The first-order valence-corrected chi connectivity index (χ1v) is 11.1. The zero-order valence-electron chi connectivity index (χ0n) is 18.8. The van der Waals surface area contributed by atoms with Crippen LogP contribution in [-0.4, -0.2) is 48.4 Å². The van der Waals surface area contributed by atoms with E-state index in [1.165, 1.54) is 0 Å². The number of rotatable bonds is 7. The second kappa shape index (κ2) is 10.8. The minimum Gasteiger partial charge on any atom is -0.455 e. The van der Waals surface area contributed by atoms with Gasteiger partial charge in [0.25, 0.3) is 0 Å². The summed E-state index contributed by atoms with van der Waals surface area (Å²) in [5.41, 5.74) is 1.74. The third-order valence-electron chi connectivity index (χ3n) is 5.70. The Hall–Kier alpha value is -3.02. The molecule has 0 aliphatic carbocycles. The van der Waals surface area contributed by atoms with Gasteiger partial charge in [-0.1, -0.05) is 37.6 Å². The Balaban J connectivity index is 1.56. The van der Waals surface area contributed by atoms with Gasteiger partial charge in [0.15, 0.2) is 5.75 Å². The van der Waals surface area contributed by atoms with Crippen LogP contribution < -0.4 is 10.1 Å². The molecular weight excluding hydrogens is 390 g/mol. The molecule has 0 aromatic heterocycles. The van der Waals surface area contributed by atoms with Crippen molar-refractivity contribution in [1.29, 1.82) is 0 Å². The number of nitrogens with one attached hydrogen (secondary N) is 1. The highest BCUT2D eigenvalue weighted by Crippen LogP contribution is 2.30. The topological polar surface area (TPSA) is 61.9 Å². The summed E-state index contributed by atoms with van der Waals surface area (Å²) >= 11 is 0. The fourth-order valence-electron chi connectivity index (χ4n) is 3.81. The van der Waals surface area contributed by atoms with Gasteiger partial charge in [-0.05, 0) is 56.0 Å². The average molecular weight is 424 g/mol. The summed E-state index contributed by atoms with van der Waals surface area (Å²) in [5, 5.41) is 2.98. The maximum Gasteiger partial charge on any atom is 0.321 e. The minimum absolute atomic E-state index is 0.00264. The molecule has 2 aromatic carbocycles. The average Bonchev–Trinajstić information content (AvgIpc) is 2.78. The third kappa shape index (κ3) is 6.23. The van der Waals surface area contributed by atoms with Crippen molar-refractivity contribution in [2.24, 2.45) is 5.92 Å². The van der Waals surface area contributed by atoms with Gasteiger partial charge in [-0.25, -0.2) is 4.79 Å². The lowest BCUT2D eigenvalue weighted by Gasteiger charge is -2.33. The number of benzene rings is 2. The van der Waals surface area contributed by atoms with Crippen molar-refractivity contribution in [3.63, 3.8) is 0 Å². The number of anilines is 1. The summed E-state index contributed by atoms with van der Waals surface area (Å²) in [6.45, 7) is 6.08. The molecule has 0 spiro atoms. The van der Waals surface area contributed by atoms with Crippen molar-refractivity contribution in [3.05, 3.63) is 54.1 Å². The maximum absolute atomic E-state index is 12.8. The Morgan fingerprint density at radius 3 is 2.58 bits per heavy atom. The number of nitrogens with zero attached hydrogens (tertiary/aromatic N) is 2. The molecule has 0 atom stereocenters. The number of piperidine rings is 1. The summed E-state index contributed by atoms with van der Waals surface area (Å²) in [7, 11) is 1.88. The molecule has 6 nitrogen and oxygen atoms in total. The monoisotopic (exact) mass is 423 g/mol. The van der Waals surface area contributed by atoms with E-state index in [0.29, 0.717) is 37.4 Å². The number of carbonyl (C=O) groups excluding carboxylic acids is 2. The second-order valence-electron chi connectivity index (χ2n) is 8.22. The van der Waals surface area contributed by atoms with Crippen LogP contribution in [0, 0.1) is 12.8 Å². The summed E-state index contributed by atoms with van der Waals surface area (Å²) < 4.78 is 6.00. The van der Waals surface area contributed by atoms with E-state index in [-0.39, 0.29) is 17.9 Å². The lowest BCUT2D eigenvalue weighted by Crippen LogP contribution is -2.45. The number of ether oxygens (including phenoxy) is 1. The number of para-hydroxylation sites is 2. The number of carbonyl (C=O) groups is 2. The van der Waals surface area contributed by atoms with E-state index < -0.39 is 0 Å². The van der Waals surface area contributed by atoms with Crippen LogP contribution in [0.3, 0.4) is 0 Å². The number of unbranched alkanes of at least 4 members (excludes halogenated alkanes) is 1. The maximum atomic E-state index is 12.8. The molecule has 1 saturated heterocycles. The summed E-state index contributed by atoms with van der Waals surface area (Å²) in [6.07, 6.45) is 3.49. The molecule has 0 unspecified atom stereocenters. The zero-order chi connectivity index (χ0) is 22.2. The Bertz CT molecular complexity index is 891. The summed E-state index contributed by atoms with van der Waals surface area (Å²) in [4.78, 5) is 29.1. The summed E-state index contributed by atoms with van der Waals surface area (Å²) in [6, 6.07) is 15.1.